The van der Waals surface area contributed by atoms with Gasteiger partial charge >= 0.3 is 5.97 Å². The predicted molar refractivity (Wildman–Crippen MR) is 118 cm³/mol. The zero-order valence-electron chi connectivity index (χ0n) is 17.7. The second-order valence-electron chi connectivity index (χ2n) is 7.15. The first-order valence-electron chi connectivity index (χ1n) is 9.65. The molecule has 0 spiro atoms. The molecule has 0 saturated carbocycles. The van der Waals surface area contributed by atoms with Gasteiger partial charge in [-0.25, -0.2) is 4.79 Å². The van der Waals surface area contributed by atoms with E-state index >= 15 is 0 Å². The van der Waals surface area contributed by atoms with Crippen LogP contribution in [0, 0.1) is 0 Å². The number of hydrogen-bond donors (Lipinski definition) is 2. The molecular formula is C24H27NO6. The summed E-state index contributed by atoms with van der Waals surface area (Å²) in [6.45, 7) is 1.80. The van der Waals surface area contributed by atoms with Crippen LogP contribution in [-0.4, -0.2) is 42.7 Å². The van der Waals surface area contributed by atoms with Crippen molar-refractivity contribution in [3.63, 3.8) is 0 Å². The Kier molecular flexibility index (Phi) is 7.99. The van der Waals surface area contributed by atoms with Gasteiger partial charge in [-0.3, -0.25) is 4.79 Å². The summed E-state index contributed by atoms with van der Waals surface area (Å²) in [4.78, 5) is 25.1. The summed E-state index contributed by atoms with van der Waals surface area (Å²) in [7, 11) is 2.91. The van der Waals surface area contributed by atoms with Crippen molar-refractivity contribution in [1.29, 1.82) is 0 Å². The molecule has 0 aliphatic rings. The maximum atomic E-state index is 12.9. The minimum absolute atomic E-state index is 0. The Hall–Kier alpha value is -3.58. The summed E-state index contributed by atoms with van der Waals surface area (Å²) < 4.78 is 10.1. The maximum absolute atomic E-state index is 12.9. The zero-order chi connectivity index (χ0) is 21.7. The summed E-state index contributed by atoms with van der Waals surface area (Å²) in [6, 6.07) is 17.3. The molecule has 3 aromatic carbocycles. The van der Waals surface area contributed by atoms with E-state index in [1.165, 1.54) is 19.2 Å². The van der Waals surface area contributed by atoms with Crippen LogP contribution in [0.1, 0.15) is 24.0 Å². The van der Waals surface area contributed by atoms with E-state index in [0.29, 0.717) is 0 Å². The number of ether oxygens (including phenoxy) is 2. The Morgan fingerprint density at radius 3 is 2.26 bits per heavy atom. The Bertz CT molecular complexity index is 1050. The molecule has 164 valence electrons. The minimum atomic E-state index is -0.820. The molecule has 0 fully saturated rings. The number of amides is 1. The van der Waals surface area contributed by atoms with E-state index in [1.807, 2.05) is 36.4 Å². The first-order chi connectivity index (χ1) is 14.4. The van der Waals surface area contributed by atoms with Gasteiger partial charge in [-0.05, 0) is 53.1 Å². The number of nitrogens with one attached hydrogen (secondary N) is 1. The number of carbonyl (C=O) groups excluding carboxylic acids is 2. The zero-order valence-corrected chi connectivity index (χ0v) is 17.7. The van der Waals surface area contributed by atoms with Crippen molar-refractivity contribution in [3.8, 4) is 11.5 Å². The molecule has 7 nitrogen and oxygen atoms in total. The monoisotopic (exact) mass is 425 g/mol. The maximum Gasteiger partial charge on any atom is 0.328 e. The highest BCUT2D eigenvalue weighted by molar-refractivity contribution is 5.90. The van der Waals surface area contributed by atoms with Gasteiger partial charge in [-0.15, -0.1) is 0 Å². The fraction of sp³-hybridized carbons (Fsp3) is 0.250. The smallest absolute Gasteiger partial charge is 0.328 e. The second kappa shape index (κ2) is 10.4. The summed E-state index contributed by atoms with van der Waals surface area (Å²) >= 11 is 0. The number of phenols is 1. The number of rotatable bonds is 7. The van der Waals surface area contributed by atoms with E-state index in [1.54, 1.807) is 26.2 Å². The van der Waals surface area contributed by atoms with Gasteiger partial charge < -0.3 is 25.4 Å². The quantitative estimate of drug-likeness (QED) is 0.565. The number of aromatic hydroxyl groups is 1. The van der Waals surface area contributed by atoms with E-state index < -0.39 is 17.9 Å². The van der Waals surface area contributed by atoms with E-state index in [2.05, 4.69) is 5.32 Å². The van der Waals surface area contributed by atoms with Crippen molar-refractivity contribution in [1.82, 2.24) is 5.32 Å². The van der Waals surface area contributed by atoms with Crippen molar-refractivity contribution in [2.45, 2.75) is 25.3 Å². The second-order valence-corrected chi connectivity index (χ2v) is 7.15. The van der Waals surface area contributed by atoms with Crippen LogP contribution in [-0.2, 0) is 20.7 Å². The van der Waals surface area contributed by atoms with Crippen molar-refractivity contribution in [3.05, 3.63) is 71.8 Å². The number of benzene rings is 3. The van der Waals surface area contributed by atoms with Crippen LogP contribution >= 0.6 is 0 Å². The van der Waals surface area contributed by atoms with E-state index in [-0.39, 0.29) is 23.6 Å². The number of hydrogen-bond acceptors (Lipinski definition) is 5. The number of phenolic OH excluding ortho intramolecular Hbond substituents is 1. The fourth-order valence-corrected chi connectivity index (χ4v) is 3.29. The topological polar surface area (TPSA) is 116 Å². The summed E-state index contributed by atoms with van der Waals surface area (Å²) in [6.07, 6.45) is 0.267. The van der Waals surface area contributed by atoms with Crippen molar-refractivity contribution < 1.29 is 29.6 Å². The normalized spacial score (nSPS) is 12.4. The predicted octanol–water partition coefficient (Wildman–Crippen LogP) is 2.73. The molecule has 0 unspecified atom stereocenters. The lowest BCUT2D eigenvalue weighted by Crippen LogP contribution is -2.44. The lowest BCUT2D eigenvalue weighted by atomic mass is 9.96. The Morgan fingerprint density at radius 2 is 1.61 bits per heavy atom. The van der Waals surface area contributed by atoms with Gasteiger partial charge in [-0.1, -0.05) is 36.4 Å². The van der Waals surface area contributed by atoms with Crippen LogP contribution in [0.25, 0.3) is 10.8 Å². The van der Waals surface area contributed by atoms with Crippen molar-refractivity contribution >= 4 is 22.6 Å². The fourth-order valence-electron chi connectivity index (χ4n) is 3.29. The number of esters is 1. The molecule has 0 saturated heterocycles. The van der Waals surface area contributed by atoms with Gasteiger partial charge in [0.05, 0.1) is 20.1 Å². The summed E-state index contributed by atoms with van der Waals surface area (Å²) in [5.74, 6) is -0.328. The third-order valence-electron chi connectivity index (χ3n) is 5.14. The SMILES string of the molecule is COC(=O)[C@H](Cc1ccc(O)cc1)NC(=O)[C@H](C)c1ccc2cc(OC)ccc2c1.O. The molecule has 2 atom stereocenters. The van der Waals surface area contributed by atoms with E-state index in [9.17, 15) is 14.7 Å². The molecule has 7 heteroatoms. The number of methoxy groups -OCH3 is 2. The first-order valence-corrected chi connectivity index (χ1v) is 9.65. The van der Waals surface area contributed by atoms with Gasteiger partial charge in [0.15, 0.2) is 0 Å². The molecule has 0 bridgehead atoms. The molecule has 0 radical (unpaired) electrons. The average Bonchev–Trinajstić information content (AvgIpc) is 2.78. The molecule has 3 aromatic rings. The summed E-state index contributed by atoms with van der Waals surface area (Å²) in [5.41, 5.74) is 1.65. The molecule has 1 amide bonds. The molecule has 3 rings (SSSR count). The van der Waals surface area contributed by atoms with Gasteiger partial charge in [0, 0.05) is 6.42 Å². The van der Waals surface area contributed by atoms with Crippen LogP contribution in [0.2, 0.25) is 0 Å². The van der Waals surface area contributed by atoms with Crippen molar-refractivity contribution in [2.75, 3.05) is 14.2 Å². The van der Waals surface area contributed by atoms with Crippen LogP contribution in [0.15, 0.2) is 60.7 Å². The van der Waals surface area contributed by atoms with Crippen LogP contribution in [0.5, 0.6) is 11.5 Å². The Balaban J connectivity index is 0.00000341. The lowest BCUT2D eigenvalue weighted by Gasteiger charge is -2.20. The van der Waals surface area contributed by atoms with Crippen LogP contribution in [0.4, 0.5) is 0 Å². The standard InChI is InChI=1S/C24H25NO5.H2O/c1-15(17-6-7-19-14-21(29-2)11-8-18(19)13-17)23(27)25-22(24(28)30-3)12-16-4-9-20(26)10-5-16;/h4-11,13-15,22,26H,12H2,1-3H3,(H,25,27);1H2/t15-,22+;/m1./s1. The molecule has 4 N–H and O–H groups in total. The lowest BCUT2D eigenvalue weighted by molar-refractivity contribution is -0.145. The molecular weight excluding hydrogens is 398 g/mol. The highest BCUT2D eigenvalue weighted by Gasteiger charge is 2.25. The third kappa shape index (κ3) is 5.73. The first kappa shape index (κ1) is 23.7. The summed E-state index contributed by atoms with van der Waals surface area (Å²) in [5, 5.41) is 14.2. The molecule has 0 aliphatic heterocycles. The molecule has 0 aromatic heterocycles. The van der Waals surface area contributed by atoms with Crippen LogP contribution < -0.4 is 10.1 Å². The van der Waals surface area contributed by atoms with Gasteiger partial charge in [-0.2, -0.15) is 0 Å². The molecule has 0 heterocycles. The molecule has 31 heavy (non-hydrogen) atoms. The van der Waals surface area contributed by atoms with Gasteiger partial charge in [0.1, 0.15) is 17.5 Å². The Labute approximate surface area is 180 Å². The van der Waals surface area contributed by atoms with E-state index in [4.69, 9.17) is 9.47 Å². The van der Waals surface area contributed by atoms with Gasteiger partial charge in [0.25, 0.3) is 0 Å². The highest BCUT2D eigenvalue weighted by atomic mass is 16.5. The largest absolute Gasteiger partial charge is 0.508 e. The van der Waals surface area contributed by atoms with Gasteiger partial charge in [0.2, 0.25) is 5.91 Å². The number of fused-ring (bicyclic) bond motifs is 1. The van der Waals surface area contributed by atoms with E-state index in [0.717, 1.165) is 27.6 Å². The third-order valence-corrected chi connectivity index (χ3v) is 5.14. The number of carbonyl (C=O) groups is 2. The molecule has 0 aliphatic carbocycles. The van der Waals surface area contributed by atoms with Crippen molar-refractivity contribution in [2.24, 2.45) is 0 Å². The Morgan fingerprint density at radius 1 is 0.968 bits per heavy atom. The minimum Gasteiger partial charge on any atom is -0.508 e. The van der Waals surface area contributed by atoms with Crippen LogP contribution in [0.3, 0.4) is 0 Å². The highest BCUT2D eigenvalue weighted by Crippen LogP contribution is 2.25. The average molecular weight is 425 g/mol.